The van der Waals surface area contributed by atoms with E-state index >= 15 is 0 Å². The molecule has 0 saturated heterocycles. The van der Waals surface area contributed by atoms with E-state index in [4.69, 9.17) is 5.10 Å². The number of aromatic nitrogens is 2. The Hall–Kier alpha value is -2.75. The molecule has 2 heterocycles. The van der Waals surface area contributed by atoms with E-state index in [9.17, 15) is 0 Å². The second-order valence-corrected chi connectivity index (χ2v) is 6.98. The first kappa shape index (κ1) is 16.7. The van der Waals surface area contributed by atoms with Gasteiger partial charge in [-0.05, 0) is 63.6 Å². The van der Waals surface area contributed by atoms with Gasteiger partial charge in [0.1, 0.15) is 6.17 Å². The molecule has 0 unspecified atom stereocenters. The molecule has 0 bridgehead atoms. The fraction of sp³-hybridized carbons (Fsp3) is 0.318. The zero-order valence-corrected chi connectivity index (χ0v) is 16.0. The average Bonchev–Trinajstić information content (AvgIpc) is 3.05. The van der Waals surface area contributed by atoms with Gasteiger partial charge < -0.3 is 10.2 Å². The topological polar surface area (TPSA) is 33.1 Å². The molecule has 3 aromatic rings. The third-order valence-corrected chi connectivity index (χ3v) is 5.18. The highest BCUT2D eigenvalue weighted by Crippen LogP contribution is 2.39. The Labute approximate surface area is 155 Å². The lowest BCUT2D eigenvalue weighted by Gasteiger charge is -2.30. The molecule has 0 radical (unpaired) electrons. The van der Waals surface area contributed by atoms with Gasteiger partial charge in [-0.2, -0.15) is 5.10 Å². The van der Waals surface area contributed by atoms with Crippen LogP contribution >= 0.6 is 0 Å². The predicted molar refractivity (Wildman–Crippen MR) is 109 cm³/mol. The minimum Gasteiger partial charge on any atom is -0.372 e. The molecule has 0 fully saturated rings. The van der Waals surface area contributed by atoms with Crippen molar-refractivity contribution in [3.8, 4) is 11.3 Å². The van der Waals surface area contributed by atoms with Crippen LogP contribution < -0.4 is 10.2 Å². The van der Waals surface area contributed by atoms with Crippen LogP contribution in [0.5, 0.6) is 0 Å². The van der Waals surface area contributed by atoms with E-state index in [1.54, 1.807) is 0 Å². The second-order valence-electron chi connectivity index (χ2n) is 6.98. The number of hydrogen-bond acceptors (Lipinski definition) is 3. The maximum absolute atomic E-state index is 4.77. The number of benzene rings is 2. The molecule has 4 rings (SSSR count). The minimum absolute atomic E-state index is 0.0136. The van der Waals surface area contributed by atoms with Gasteiger partial charge >= 0.3 is 0 Å². The first-order valence-corrected chi connectivity index (χ1v) is 9.39. The lowest BCUT2D eigenvalue weighted by atomic mass is 10.0. The normalized spacial score (nSPS) is 15.2. The summed E-state index contributed by atoms with van der Waals surface area (Å²) in [7, 11) is 0. The van der Waals surface area contributed by atoms with Gasteiger partial charge in [-0.25, -0.2) is 4.68 Å². The van der Waals surface area contributed by atoms with Crippen molar-refractivity contribution < 1.29 is 0 Å². The number of nitrogens with zero attached hydrogens (tertiary/aromatic N) is 3. The molecule has 134 valence electrons. The van der Waals surface area contributed by atoms with Gasteiger partial charge in [0.2, 0.25) is 0 Å². The van der Waals surface area contributed by atoms with Gasteiger partial charge in [0, 0.05) is 30.0 Å². The third kappa shape index (κ3) is 2.75. The van der Waals surface area contributed by atoms with Gasteiger partial charge in [-0.15, -0.1) is 0 Å². The van der Waals surface area contributed by atoms with Crippen molar-refractivity contribution >= 4 is 11.4 Å². The fourth-order valence-corrected chi connectivity index (χ4v) is 3.80. The lowest BCUT2D eigenvalue weighted by Crippen LogP contribution is -2.26. The highest BCUT2D eigenvalue weighted by molar-refractivity contribution is 5.79. The largest absolute Gasteiger partial charge is 0.372 e. The van der Waals surface area contributed by atoms with Crippen LogP contribution in [-0.4, -0.2) is 22.9 Å². The molecule has 0 spiro atoms. The molecule has 1 N–H and O–H groups in total. The number of fused-ring (bicyclic) bond motifs is 3. The van der Waals surface area contributed by atoms with Gasteiger partial charge in [0.25, 0.3) is 0 Å². The van der Waals surface area contributed by atoms with Crippen LogP contribution in [0.1, 0.15) is 36.8 Å². The summed E-state index contributed by atoms with van der Waals surface area (Å²) >= 11 is 0. The molecule has 0 saturated carbocycles. The predicted octanol–water partition coefficient (Wildman–Crippen LogP) is 4.99. The van der Waals surface area contributed by atoms with Crippen molar-refractivity contribution in [1.29, 1.82) is 0 Å². The second kappa shape index (κ2) is 6.52. The number of aryl methyl sites for hydroxylation is 2. The molecule has 26 heavy (non-hydrogen) atoms. The molecule has 1 aliphatic heterocycles. The standard InChI is InChI=1S/C22H26N4/c1-5-25(6-2)18-10-8-17(9-11-18)22-23-20-12-7-15(3)13-19(20)21-14-16(4)24-26(21)22/h7-14,22-23H,5-6H2,1-4H3/t22-/m0/s1. The number of rotatable bonds is 4. The fourth-order valence-electron chi connectivity index (χ4n) is 3.80. The number of nitrogens with one attached hydrogen (secondary N) is 1. The average molecular weight is 346 g/mol. The summed E-state index contributed by atoms with van der Waals surface area (Å²) in [6, 6.07) is 17.6. The first-order valence-electron chi connectivity index (χ1n) is 9.39. The summed E-state index contributed by atoms with van der Waals surface area (Å²) in [5.74, 6) is 0. The molecule has 2 aromatic carbocycles. The monoisotopic (exact) mass is 346 g/mol. The van der Waals surface area contributed by atoms with Crippen molar-refractivity contribution in [2.75, 3.05) is 23.3 Å². The Morgan fingerprint density at radius 3 is 2.42 bits per heavy atom. The van der Waals surface area contributed by atoms with Crippen molar-refractivity contribution in [2.45, 2.75) is 33.9 Å². The Morgan fingerprint density at radius 2 is 1.73 bits per heavy atom. The molecular formula is C22H26N4. The van der Waals surface area contributed by atoms with Crippen LogP contribution in [0.4, 0.5) is 11.4 Å². The Bertz CT molecular complexity index is 920. The van der Waals surface area contributed by atoms with Crippen LogP contribution in [0.25, 0.3) is 11.3 Å². The maximum Gasteiger partial charge on any atom is 0.147 e. The third-order valence-electron chi connectivity index (χ3n) is 5.18. The van der Waals surface area contributed by atoms with Crippen LogP contribution in [-0.2, 0) is 0 Å². The molecule has 1 aliphatic rings. The van der Waals surface area contributed by atoms with Gasteiger partial charge in [0.05, 0.1) is 11.4 Å². The van der Waals surface area contributed by atoms with Crippen molar-refractivity contribution in [3.05, 3.63) is 65.4 Å². The summed E-state index contributed by atoms with van der Waals surface area (Å²) in [5.41, 5.74) is 8.36. The summed E-state index contributed by atoms with van der Waals surface area (Å²) in [6.07, 6.45) is 0.0136. The van der Waals surface area contributed by atoms with Crippen LogP contribution in [0.3, 0.4) is 0 Å². The molecule has 1 aromatic heterocycles. The first-order chi connectivity index (χ1) is 12.6. The van der Waals surface area contributed by atoms with Crippen molar-refractivity contribution in [1.82, 2.24) is 9.78 Å². The van der Waals surface area contributed by atoms with E-state index in [0.29, 0.717) is 0 Å². The number of hydrogen-bond donors (Lipinski definition) is 1. The summed E-state index contributed by atoms with van der Waals surface area (Å²) < 4.78 is 2.11. The van der Waals surface area contributed by atoms with E-state index < -0.39 is 0 Å². The van der Waals surface area contributed by atoms with E-state index in [0.717, 1.165) is 18.8 Å². The summed E-state index contributed by atoms with van der Waals surface area (Å²) in [5, 5.41) is 8.44. The summed E-state index contributed by atoms with van der Waals surface area (Å²) in [4.78, 5) is 2.36. The Morgan fingerprint density at radius 1 is 1.00 bits per heavy atom. The molecule has 1 atom stereocenters. The molecule has 4 nitrogen and oxygen atoms in total. The zero-order chi connectivity index (χ0) is 18.3. The van der Waals surface area contributed by atoms with Gasteiger partial charge in [-0.3, -0.25) is 0 Å². The van der Waals surface area contributed by atoms with Crippen molar-refractivity contribution in [3.63, 3.8) is 0 Å². The summed E-state index contributed by atoms with van der Waals surface area (Å²) in [6.45, 7) is 10.6. The van der Waals surface area contributed by atoms with Crippen LogP contribution in [0.2, 0.25) is 0 Å². The molecular weight excluding hydrogens is 320 g/mol. The van der Waals surface area contributed by atoms with E-state index in [2.05, 4.69) is 91.1 Å². The minimum atomic E-state index is 0.0136. The van der Waals surface area contributed by atoms with Crippen LogP contribution in [0, 0.1) is 13.8 Å². The molecule has 0 aliphatic carbocycles. The zero-order valence-electron chi connectivity index (χ0n) is 16.0. The van der Waals surface area contributed by atoms with Gasteiger partial charge in [-0.1, -0.05) is 23.8 Å². The van der Waals surface area contributed by atoms with E-state index in [-0.39, 0.29) is 6.17 Å². The quantitative estimate of drug-likeness (QED) is 0.723. The Balaban J connectivity index is 1.75. The smallest absolute Gasteiger partial charge is 0.147 e. The van der Waals surface area contributed by atoms with E-state index in [1.165, 1.54) is 33.8 Å². The maximum atomic E-state index is 4.77. The molecule has 0 amide bonds. The van der Waals surface area contributed by atoms with Gasteiger partial charge in [0.15, 0.2) is 0 Å². The SMILES string of the molecule is CCN(CC)c1ccc([C@H]2Nc3ccc(C)cc3-c3cc(C)nn32)cc1. The van der Waals surface area contributed by atoms with E-state index in [1.807, 2.05) is 0 Å². The highest BCUT2D eigenvalue weighted by atomic mass is 15.4. The molecule has 4 heteroatoms. The highest BCUT2D eigenvalue weighted by Gasteiger charge is 2.26. The number of anilines is 2. The van der Waals surface area contributed by atoms with Crippen LogP contribution in [0.15, 0.2) is 48.5 Å². The Kier molecular flexibility index (Phi) is 4.19. The van der Waals surface area contributed by atoms with Crippen molar-refractivity contribution in [2.24, 2.45) is 0 Å². The lowest BCUT2D eigenvalue weighted by molar-refractivity contribution is 0.571.